The predicted octanol–water partition coefficient (Wildman–Crippen LogP) is 4.02. The molecule has 3 nitrogen and oxygen atoms in total. The highest BCUT2D eigenvalue weighted by Crippen LogP contribution is 2.46. The number of nitrogens with one attached hydrogen (secondary N) is 1. The molecule has 24 heavy (non-hydrogen) atoms. The predicted molar refractivity (Wildman–Crippen MR) is 72.7 cm³/mol. The molecule has 0 spiro atoms. The summed E-state index contributed by atoms with van der Waals surface area (Å²) in [6, 6.07) is 8.50. The van der Waals surface area contributed by atoms with Gasteiger partial charge in [0, 0.05) is 0 Å². The first kappa shape index (κ1) is 19.7. The lowest BCUT2D eigenvalue weighted by molar-refractivity contribution is -0.344. The molecule has 0 aliphatic heterocycles. The van der Waals surface area contributed by atoms with Crippen molar-refractivity contribution in [2.24, 2.45) is 5.10 Å². The Bertz CT molecular complexity index is 636. The second-order valence-corrected chi connectivity index (χ2v) is 4.58. The Morgan fingerprint density at radius 2 is 1.58 bits per heavy atom. The summed E-state index contributed by atoms with van der Waals surface area (Å²) in [5.41, 5.74) is 1.59. The third-order valence-electron chi connectivity index (χ3n) is 2.69. The minimum absolute atomic E-state index is 0.0988. The second kappa shape index (κ2) is 7.02. The molecule has 0 heterocycles. The average molecular weight is 356 g/mol. The van der Waals surface area contributed by atoms with Crippen molar-refractivity contribution in [3.63, 3.8) is 0 Å². The second-order valence-electron chi connectivity index (χ2n) is 4.58. The third kappa shape index (κ3) is 4.33. The molecule has 0 bridgehead atoms. The number of hydrazone groups is 1. The first-order chi connectivity index (χ1) is 10.9. The van der Waals surface area contributed by atoms with Gasteiger partial charge in [0.1, 0.15) is 0 Å². The van der Waals surface area contributed by atoms with Gasteiger partial charge in [0.15, 0.2) is 0 Å². The summed E-state index contributed by atoms with van der Waals surface area (Å²) in [6.45, 7) is 1.22. The number of allylic oxidation sites excluding steroid dienone is 1. The van der Waals surface area contributed by atoms with Crippen LogP contribution in [-0.4, -0.2) is 29.6 Å². The molecule has 0 saturated heterocycles. The van der Waals surface area contributed by atoms with Crippen LogP contribution >= 0.6 is 0 Å². The first-order valence-electron chi connectivity index (χ1n) is 6.30. The number of halogens is 7. The molecule has 1 amide bonds. The number of hydrogen-bond donors (Lipinski definition) is 1. The number of alkyl halides is 7. The van der Waals surface area contributed by atoms with Crippen molar-refractivity contribution in [3.8, 4) is 0 Å². The monoisotopic (exact) mass is 356 g/mol. The number of nitrogens with zero attached hydrogens (tertiary/aromatic N) is 1. The molecule has 0 aliphatic rings. The van der Waals surface area contributed by atoms with Crippen molar-refractivity contribution < 1.29 is 35.5 Å². The van der Waals surface area contributed by atoms with E-state index in [0.29, 0.717) is 5.56 Å². The molecule has 0 atom stereocenters. The lowest BCUT2D eigenvalue weighted by atomic mass is 10.1. The van der Waals surface area contributed by atoms with E-state index in [-0.39, 0.29) is 5.71 Å². The SMILES string of the molecule is CC(C=Cc1ccccc1)=NNC(=O)C(F)(F)C(F)(F)C(F)(F)F. The van der Waals surface area contributed by atoms with Crippen LogP contribution in [0.15, 0.2) is 41.5 Å². The number of hydrogen-bond acceptors (Lipinski definition) is 2. The van der Waals surface area contributed by atoms with Crippen molar-refractivity contribution in [2.75, 3.05) is 0 Å². The quantitative estimate of drug-likeness (QED) is 0.483. The summed E-state index contributed by atoms with van der Waals surface area (Å²) in [5, 5.41) is 3.05. The maximum atomic E-state index is 13.0. The van der Waals surface area contributed by atoms with Gasteiger partial charge in [0.25, 0.3) is 0 Å². The molecule has 0 saturated carbocycles. The van der Waals surface area contributed by atoms with Crippen LogP contribution in [0.5, 0.6) is 0 Å². The Morgan fingerprint density at radius 3 is 2.08 bits per heavy atom. The molecule has 1 aromatic carbocycles. The third-order valence-corrected chi connectivity index (χ3v) is 2.69. The molecular formula is C14H11F7N2O. The highest BCUT2D eigenvalue weighted by molar-refractivity contribution is 5.97. The van der Waals surface area contributed by atoms with Crippen LogP contribution in [0.1, 0.15) is 12.5 Å². The van der Waals surface area contributed by atoms with Crippen molar-refractivity contribution >= 4 is 17.7 Å². The molecule has 10 heteroatoms. The molecule has 0 aliphatic carbocycles. The normalized spacial score (nSPS) is 14.1. The number of rotatable bonds is 5. The molecule has 1 aromatic rings. The largest absolute Gasteiger partial charge is 0.460 e. The minimum atomic E-state index is -6.58. The zero-order valence-electron chi connectivity index (χ0n) is 12.0. The van der Waals surface area contributed by atoms with Gasteiger partial charge in [-0.15, -0.1) is 0 Å². The zero-order chi connectivity index (χ0) is 18.6. The van der Waals surface area contributed by atoms with Crippen LogP contribution in [-0.2, 0) is 4.79 Å². The van der Waals surface area contributed by atoms with Gasteiger partial charge < -0.3 is 0 Å². The Labute approximate surface area is 131 Å². The minimum Gasteiger partial charge on any atom is -0.266 e. The number of benzene rings is 1. The van der Waals surface area contributed by atoms with Crippen LogP contribution in [0.2, 0.25) is 0 Å². The summed E-state index contributed by atoms with van der Waals surface area (Å²) < 4.78 is 87.2. The smallest absolute Gasteiger partial charge is 0.266 e. The Morgan fingerprint density at radius 1 is 1.04 bits per heavy atom. The van der Waals surface area contributed by atoms with Crippen LogP contribution in [0.25, 0.3) is 6.08 Å². The van der Waals surface area contributed by atoms with E-state index >= 15 is 0 Å². The molecule has 132 valence electrons. The topological polar surface area (TPSA) is 41.5 Å². The lowest BCUT2D eigenvalue weighted by Crippen LogP contribution is -2.58. The van der Waals surface area contributed by atoms with E-state index in [1.807, 2.05) is 0 Å². The van der Waals surface area contributed by atoms with Crippen molar-refractivity contribution in [1.29, 1.82) is 0 Å². The standard InChI is InChI=1S/C14H11F7N2O/c1-9(7-8-10-5-3-2-4-6-10)22-23-11(24)12(15,16)13(17,18)14(19,20)21/h2-8H,1H3,(H,23,24). The fraction of sp³-hybridized carbons (Fsp3) is 0.286. The molecule has 0 aromatic heterocycles. The van der Waals surface area contributed by atoms with E-state index in [9.17, 15) is 35.5 Å². The summed E-state index contributed by atoms with van der Waals surface area (Å²) in [7, 11) is 0. The Kier molecular flexibility index (Phi) is 5.75. The van der Waals surface area contributed by atoms with Crippen LogP contribution in [0.4, 0.5) is 30.7 Å². The maximum Gasteiger partial charge on any atom is 0.460 e. The van der Waals surface area contributed by atoms with Crippen LogP contribution < -0.4 is 5.43 Å². The van der Waals surface area contributed by atoms with E-state index in [1.54, 1.807) is 30.3 Å². The van der Waals surface area contributed by atoms with E-state index in [4.69, 9.17) is 0 Å². The molecule has 1 N–H and O–H groups in total. The van der Waals surface area contributed by atoms with Gasteiger partial charge in [-0.3, -0.25) is 4.79 Å². The summed E-state index contributed by atoms with van der Waals surface area (Å²) in [4.78, 5) is 11.0. The van der Waals surface area contributed by atoms with E-state index in [0.717, 1.165) is 5.43 Å². The van der Waals surface area contributed by atoms with Gasteiger partial charge in [-0.2, -0.15) is 35.8 Å². The van der Waals surface area contributed by atoms with E-state index < -0.39 is 23.9 Å². The van der Waals surface area contributed by atoms with Gasteiger partial charge >= 0.3 is 23.9 Å². The van der Waals surface area contributed by atoms with Gasteiger partial charge in [-0.25, -0.2) is 5.43 Å². The maximum absolute atomic E-state index is 13.0. The molecule has 0 fully saturated rings. The molecular weight excluding hydrogens is 345 g/mol. The lowest BCUT2D eigenvalue weighted by Gasteiger charge is -2.26. The van der Waals surface area contributed by atoms with Gasteiger partial charge in [-0.1, -0.05) is 36.4 Å². The highest BCUT2D eigenvalue weighted by Gasteiger charge is 2.76. The van der Waals surface area contributed by atoms with E-state index in [1.165, 1.54) is 19.1 Å². The average Bonchev–Trinajstić information content (AvgIpc) is 2.50. The fourth-order valence-electron chi connectivity index (χ4n) is 1.35. The summed E-state index contributed by atoms with van der Waals surface area (Å²) >= 11 is 0. The molecule has 1 rings (SSSR count). The van der Waals surface area contributed by atoms with Crippen LogP contribution in [0, 0.1) is 0 Å². The highest BCUT2D eigenvalue weighted by atomic mass is 19.4. The van der Waals surface area contributed by atoms with Gasteiger partial charge in [0.2, 0.25) is 0 Å². The fourth-order valence-corrected chi connectivity index (χ4v) is 1.35. The number of carbonyl (C=O) groups is 1. The van der Waals surface area contributed by atoms with Crippen molar-refractivity contribution in [2.45, 2.75) is 24.9 Å². The number of carbonyl (C=O) groups excluding carboxylic acids is 1. The van der Waals surface area contributed by atoms with Crippen molar-refractivity contribution in [1.82, 2.24) is 5.43 Å². The molecule has 0 radical (unpaired) electrons. The van der Waals surface area contributed by atoms with Gasteiger partial charge in [-0.05, 0) is 18.6 Å². The molecule has 0 unspecified atom stereocenters. The van der Waals surface area contributed by atoms with Crippen LogP contribution in [0.3, 0.4) is 0 Å². The Hall–Kier alpha value is -2.39. The number of amides is 1. The Balaban J connectivity index is 2.82. The zero-order valence-corrected chi connectivity index (χ0v) is 12.0. The van der Waals surface area contributed by atoms with Gasteiger partial charge in [0.05, 0.1) is 5.71 Å². The summed E-state index contributed by atoms with van der Waals surface area (Å²) in [6.07, 6.45) is -3.87. The van der Waals surface area contributed by atoms with E-state index in [2.05, 4.69) is 5.10 Å². The van der Waals surface area contributed by atoms with Crippen molar-refractivity contribution in [3.05, 3.63) is 42.0 Å². The first-order valence-corrected chi connectivity index (χ1v) is 6.30. The summed E-state index contributed by atoms with van der Waals surface area (Å²) in [5.74, 6) is -15.4.